The number of aryl methyl sites for hydroxylation is 1. The highest BCUT2D eigenvalue weighted by atomic mass is 16.1. The number of hydrogen-bond acceptors (Lipinski definition) is 2. The van der Waals surface area contributed by atoms with Crippen molar-refractivity contribution in [2.24, 2.45) is 0 Å². The third-order valence-electron chi connectivity index (χ3n) is 5.70. The third-order valence-corrected chi connectivity index (χ3v) is 5.70. The molecule has 0 N–H and O–H groups in total. The van der Waals surface area contributed by atoms with E-state index in [2.05, 4.69) is 29.2 Å². The van der Waals surface area contributed by atoms with Crippen molar-refractivity contribution in [2.45, 2.75) is 39.0 Å². The van der Waals surface area contributed by atoms with Crippen LogP contribution in [0.2, 0.25) is 0 Å². The molecule has 1 fully saturated rings. The Hall–Kier alpha value is -2.61. The summed E-state index contributed by atoms with van der Waals surface area (Å²) in [7, 11) is 0. The summed E-state index contributed by atoms with van der Waals surface area (Å²) in [6, 6.07) is 16.4. The lowest BCUT2D eigenvalue weighted by Crippen LogP contribution is -2.24. The molecule has 0 saturated carbocycles. The van der Waals surface area contributed by atoms with Gasteiger partial charge in [0.2, 0.25) is 0 Å². The Kier molecular flexibility index (Phi) is 5.24. The number of likely N-dealkylation sites (tertiary alicyclic amines) is 1. The fraction of sp³-hybridized carbons (Fsp3) is 0.320. The number of hydrogen-bond donors (Lipinski definition) is 0. The highest BCUT2D eigenvalue weighted by molar-refractivity contribution is 6.06. The van der Waals surface area contributed by atoms with Crippen molar-refractivity contribution in [3.8, 4) is 0 Å². The van der Waals surface area contributed by atoms with Gasteiger partial charge in [-0.2, -0.15) is 0 Å². The molecule has 0 bridgehead atoms. The molecule has 0 unspecified atom stereocenters. The molecular formula is C25H27NO. The number of carbonyl (C=O) groups excluding carboxylic acids is 1. The van der Waals surface area contributed by atoms with Crippen LogP contribution in [0.4, 0.5) is 0 Å². The van der Waals surface area contributed by atoms with E-state index in [0.29, 0.717) is 0 Å². The predicted molar refractivity (Wildman–Crippen MR) is 112 cm³/mol. The molecule has 2 aromatic rings. The van der Waals surface area contributed by atoms with Crippen LogP contribution in [-0.2, 0) is 6.42 Å². The fourth-order valence-electron chi connectivity index (χ4n) is 4.15. The van der Waals surface area contributed by atoms with E-state index in [9.17, 15) is 4.79 Å². The van der Waals surface area contributed by atoms with Crippen LogP contribution in [0.1, 0.15) is 52.7 Å². The molecule has 1 aliphatic carbocycles. The maximum absolute atomic E-state index is 12.6. The second-order valence-corrected chi connectivity index (χ2v) is 7.66. The van der Waals surface area contributed by atoms with E-state index in [1.54, 1.807) is 6.08 Å². The van der Waals surface area contributed by atoms with Gasteiger partial charge in [-0.1, -0.05) is 66.9 Å². The molecule has 0 spiro atoms. The van der Waals surface area contributed by atoms with Crippen LogP contribution in [0.3, 0.4) is 0 Å². The average molecular weight is 357 g/mol. The Morgan fingerprint density at radius 1 is 0.926 bits per heavy atom. The lowest BCUT2D eigenvalue weighted by molar-refractivity contribution is 0.104. The number of rotatable bonds is 4. The van der Waals surface area contributed by atoms with Gasteiger partial charge in [-0.25, -0.2) is 0 Å². The first kappa shape index (κ1) is 17.8. The molecule has 0 radical (unpaired) electrons. The van der Waals surface area contributed by atoms with E-state index in [-0.39, 0.29) is 5.78 Å². The molecule has 1 aliphatic heterocycles. The number of carbonyl (C=O) groups is 1. The fourth-order valence-corrected chi connectivity index (χ4v) is 4.15. The van der Waals surface area contributed by atoms with Gasteiger partial charge in [-0.3, -0.25) is 4.79 Å². The second kappa shape index (κ2) is 7.96. The van der Waals surface area contributed by atoms with Gasteiger partial charge in [-0.05, 0) is 43.0 Å². The van der Waals surface area contributed by atoms with Gasteiger partial charge in [0.15, 0.2) is 5.78 Å². The van der Waals surface area contributed by atoms with Crippen LogP contribution in [0, 0.1) is 6.92 Å². The van der Waals surface area contributed by atoms with E-state index in [0.717, 1.165) is 25.1 Å². The molecule has 27 heavy (non-hydrogen) atoms. The SMILES string of the molecule is Cc1ccc(C(=O)/C=C\C2=C(N3CCCCCC3)Cc3ccccc32)cc1. The summed E-state index contributed by atoms with van der Waals surface area (Å²) in [5.41, 5.74) is 7.20. The Morgan fingerprint density at radius 3 is 2.37 bits per heavy atom. The van der Waals surface area contributed by atoms with Crippen molar-refractivity contribution in [2.75, 3.05) is 13.1 Å². The van der Waals surface area contributed by atoms with Gasteiger partial charge in [0.05, 0.1) is 0 Å². The zero-order valence-electron chi connectivity index (χ0n) is 16.1. The van der Waals surface area contributed by atoms with Crippen molar-refractivity contribution in [1.82, 2.24) is 4.90 Å². The predicted octanol–water partition coefficient (Wildman–Crippen LogP) is 5.58. The molecule has 138 valence electrons. The summed E-state index contributed by atoms with van der Waals surface area (Å²) in [6.07, 6.45) is 9.96. The standard InChI is InChI=1S/C25H27NO/c1-19-10-12-20(13-11-19)25(27)15-14-23-22-9-5-4-8-21(22)18-24(23)26-16-6-2-3-7-17-26/h4-5,8-15H,2-3,6-7,16-18H2,1H3/b15-14-. The molecule has 1 saturated heterocycles. The van der Waals surface area contributed by atoms with Gasteiger partial charge < -0.3 is 4.90 Å². The number of benzene rings is 2. The molecule has 2 aromatic carbocycles. The van der Waals surface area contributed by atoms with Crippen molar-refractivity contribution >= 4 is 11.4 Å². The summed E-state index contributed by atoms with van der Waals surface area (Å²) >= 11 is 0. The summed E-state index contributed by atoms with van der Waals surface area (Å²) in [5, 5.41) is 0. The summed E-state index contributed by atoms with van der Waals surface area (Å²) in [6.45, 7) is 4.30. The smallest absolute Gasteiger partial charge is 0.185 e. The topological polar surface area (TPSA) is 20.3 Å². The number of fused-ring (bicyclic) bond motifs is 1. The van der Waals surface area contributed by atoms with Gasteiger partial charge in [0, 0.05) is 36.3 Å². The zero-order chi connectivity index (χ0) is 18.6. The largest absolute Gasteiger partial charge is 0.374 e. The van der Waals surface area contributed by atoms with Crippen molar-refractivity contribution in [3.05, 3.63) is 88.6 Å². The number of nitrogens with zero attached hydrogens (tertiary/aromatic N) is 1. The van der Waals surface area contributed by atoms with Gasteiger partial charge in [0.25, 0.3) is 0 Å². The second-order valence-electron chi connectivity index (χ2n) is 7.66. The van der Waals surface area contributed by atoms with E-state index >= 15 is 0 Å². The Balaban J connectivity index is 1.65. The van der Waals surface area contributed by atoms with Crippen LogP contribution < -0.4 is 0 Å². The van der Waals surface area contributed by atoms with Gasteiger partial charge >= 0.3 is 0 Å². The van der Waals surface area contributed by atoms with Crippen LogP contribution in [0.5, 0.6) is 0 Å². The first-order valence-corrected chi connectivity index (χ1v) is 10.1. The molecule has 4 rings (SSSR count). The molecule has 2 aliphatic rings. The molecule has 2 nitrogen and oxygen atoms in total. The highest BCUT2D eigenvalue weighted by Crippen LogP contribution is 2.36. The molecule has 0 atom stereocenters. The third kappa shape index (κ3) is 3.90. The molecular weight excluding hydrogens is 330 g/mol. The van der Waals surface area contributed by atoms with Crippen LogP contribution in [0.25, 0.3) is 5.57 Å². The summed E-state index contributed by atoms with van der Waals surface area (Å²) in [5.74, 6) is 0.0714. The number of allylic oxidation sites excluding steroid dienone is 4. The Bertz CT molecular complexity index is 881. The minimum atomic E-state index is 0.0714. The van der Waals surface area contributed by atoms with E-state index in [1.807, 2.05) is 37.3 Å². The zero-order valence-corrected chi connectivity index (χ0v) is 16.1. The van der Waals surface area contributed by atoms with Crippen LogP contribution in [0.15, 0.2) is 66.4 Å². The maximum atomic E-state index is 12.6. The van der Waals surface area contributed by atoms with E-state index in [1.165, 1.54) is 53.6 Å². The lowest BCUT2D eigenvalue weighted by atomic mass is 10.0. The normalized spacial score (nSPS) is 17.3. The van der Waals surface area contributed by atoms with Gasteiger partial charge in [-0.15, -0.1) is 0 Å². The lowest BCUT2D eigenvalue weighted by Gasteiger charge is -2.25. The molecule has 0 aromatic heterocycles. The summed E-state index contributed by atoms with van der Waals surface area (Å²) < 4.78 is 0. The van der Waals surface area contributed by atoms with Crippen molar-refractivity contribution in [3.63, 3.8) is 0 Å². The van der Waals surface area contributed by atoms with Gasteiger partial charge in [0.1, 0.15) is 0 Å². The average Bonchev–Trinajstić information content (AvgIpc) is 2.86. The maximum Gasteiger partial charge on any atom is 0.185 e. The van der Waals surface area contributed by atoms with Crippen LogP contribution >= 0.6 is 0 Å². The quantitative estimate of drug-likeness (QED) is 0.526. The summed E-state index contributed by atoms with van der Waals surface area (Å²) in [4.78, 5) is 15.2. The highest BCUT2D eigenvalue weighted by Gasteiger charge is 2.24. The minimum absolute atomic E-state index is 0.0714. The molecule has 2 heteroatoms. The molecule has 0 amide bonds. The first-order chi connectivity index (χ1) is 13.2. The Morgan fingerprint density at radius 2 is 1.63 bits per heavy atom. The molecule has 1 heterocycles. The van der Waals surface area contributed by atoms with Crippen molar-refractivity contribution < 1.29 is 4.79 Å². The van der Waals surface area contributed by atoms with E-state index < -0.39 is 0 Å². The number of ketones is 1. The monoisotopic (exact) mass is 357 g/mol. The van der Waals surface area contributed by atoms with E-state index in [4.69, 9.17) is 0 Å². The van der Waals surface area contributed by atoms with Crippen molar-refractivity contribution in [1.29, 1.82) is 0 Å². The Labute approximate surface area is 162 Å². The van der Waals surface area contributed by atoms with Crippen LogP contribution in [-0.4, -0.2) is 23.8 Å². The minimum Gasteiger partial charge on any atom is -0.374 e. The first-order valence-electron chi connectivity index (χ1n) is 10.1.